The minimum absolute atomic E-state index is 0.233. The number of hydrogen-bond acceptors (Lipinski definition) is 9. The number of carbonyl (C=O) groups excluding carboxylic acids is 5. The van der Waals surface area contributed by atoms with E-state index in [4.69, 9.17) is 18.6 Å². The number of esters is 2. The highest BCUT2D eigenvalue weighted by atomic mass is 28.4. The molecular formula is C43H51N3O9Si. The number of nitrogens with one attached hydrogen (secondary N) is 3. The van der Waals surface area contributed by atoms with Crippen molar-refractivity contribution in [2.24, 2.45) is 0 Å². The Hall–Kier alpha value is -5.79. The van der Waals surface area contributed by atoms with Gasteiger partial charge in [0.1, 0.15) is 24.3 Å². The minimum Gasteiger partial charge on any atom is -0.467 e. The summed E-state index contributed by atoms with van der Waals surface area (Å²) in [6.07, 6.45) is -0.564. The lowest BCUT2D eigenvalue weighted by molar-refractivity contribution is -0.148. The van der Waals surface area contributed by atoms with Crippen molar-refractivity contribution in [3.63, 3.8) is 0 Å². The van der Waals surface area contributed by atoms with Gasteiger partial charge in [0.05, 0.1) is 13.7 Å². The van der Waals surface area contributed by atoms with Gasteiger partial charge in [0.25, 0.3) is 14.2 Å². The van der Waals surface area contributed by atoms with Crippen molar-refractivity contribution < 1.29 is 42.6 Å². The lowest BCUT2D eigenvalue weighted by Gasteiger charge is -2.43. The quantitative estimate of drug-likeness (QED) is 0.0842. The molecule has 0 radical (unpaired) electrons. The molecule has 0 aliphatic rings. The maximum absolute atomic E-state index is 13.8. The van der Waals surface area contributed by atoms with E-state index in [9.17, 15) is 24.0 Å². The molecule has 0 saturated carbocycles. The lowest BCUT2D eigenvalue weighted by Crippen LogP contribution is -2.68. The van der Waals surface area contributed by atoms with Gasteiger partial charge in [0, 0.05) is 18.2 Å². The van der Waals surface area contributed by atoms with E-state index in [0.29, 0.717) is 5.69 Å². The molecule has 296 valence electrons. The van der Waals surface area contributed by atoms with Crippen molar-refractivity contribution in [1.29, 1.82) is 0 Å². The van der Waals surface area contributed by atoms with Crippen molar-refractivity contribution in [1.82, 2.24) is 10.6 Å². The minimum atomic E-state index is -3.12. The van der Waals surface area contributed by atoms with Gasteiger partial charge in [-0.1, -0.05) is 106 Å². The zero-order valence-electron chi connectivity index (χ0n) is 33.1. The highest BCUT2D eigenvalue weighted by molar-refractivity contribution is 6.99. The second kappa shape index (κ2) is 18.7. The Morgan fingerprint density at radius 3 is 1.64 bits per heavy atom. The molecule has 0 aliphatic heterocycles. The molecule has 12 nitrogen and oxygen atoms in total. The molecular weight excluding hydrogens is 731 g/mol. The molecule has 4 aromatic rings. The number of hydrogen-bond donors (Lipinski definition) is 3. The Labute approximate surface area is 329 Å². The van der Waals surface area contributed by atoms with Crippen LogP contribution in [0.15, 0.2) is 109 Å². The number of benzene rings is 4. The molecule has 0 unspecified atom stereocenters. The maximum atomic E-state index is 13.8. The van der Waals surface area contributed by atoms with E-state index in [0.717, 1.165) is 21.5 Å². The van der Waals surface area contributed by atoms with E-state index in [2.05, 4.69) is 36.7 Å². The monoisotopic (exact) mass is 781 g/mol. The van der Waals surface area contributed by atoms with Crippen LogP contribution in [0.1, 0.15) is 58.8 Å². The summed E-state index contributed by atoms with van der Waals surface area (Å²) in [7, 11) is -1.91. The number of rotatable bonds is 14. The Balaban J connectivity index is 1.51. The Morgan fingerprint density at radius 1 is 0.661 bits per heavy atom. The van der Waals surface area contributed by atoms with Crippen molar-refractivity contribution in [2.45, 2.75) is 71.2 Å². The Bertz CT molecular complexity index is 1920. The lowest BCUT2D eigenvalue weighted by atomic mass is 10.0. The zero-order valence-corrected chi connectivity index (χ0v) is 34.1. The summed E-state index contributed by atoms with van der Waals surface area (Å²) in [4.78, 5) is 64.4. The van der Waals surface area contributed by atoms with Gasteiger partial charge in [0.15, 0.2) is 0 Å². The number of amides is 3. The fourth-order valence-corrected chi connectivity index (χ4v) is 10.7. The number of anilines is 1. The summed E-state index contributed by atoms with van der Waals surface area (Å²) in [5.41, 5.74) is 1.78. The smallest absolute Gasteiger partial charge is 0.412 e. The van der Waals surface area contributed by atoms with Gasteiger partial charge in [-0.25, -0.2) is 9.59 Å². The molecule has 2 atom stereocenters. The van der Waals surface area contributed by atoms with Crippen molar-refractivity contribution in [3.05, 3.63) is 115 Å². The summed E-state index contributed by atoms with van der Waals surface area (Å²) in [6, 6.07) is 30.8. The van der Waals surface area contributed by atoms with E-state index < -0.39 is 67.5 Å². The van der Waals surface area contributed by atoms with Gasteiger partial charge in [0.2, 0.25) is 5.91 Å². The molecule has 3 amide bonds. The third kappa shape index (κ3) is 11.4. The van der Waals surface area contributed by atoms with Crippen LogP contribution in [-0.4, -0.2) is 76.2 Å². The molecule has 0 spiro atoms. The maximum Gasteiger partial charge on any atom is 0.412 e. The fraction of sp³-hybridized carbons (Fsp3) is 0.326. The summed E-state index contributed by atoms with van der Waals surface area (Å²) >= 11 is 0. The highest BCUT2D eigenvalue weighted by Gasteiger charge is 2.51. The van der Waals surface area contributed by atoms with E-state index in [1.54, 1.807) is 57.2 Å². The van der Waals surface area contributed by atoms with Crippen LogP contribution in [0.4, 0.5) is 10.5 Å². The topological polar surface area (TPSA) is 158 Å². The van der Waals surface area contributed by atoms with Gasteiger partial charge in [-0.15, -0.1) is 0 Å². The average Bonchev–Trinajstić information content (AvgIpc) is 3.15. The van der Waals surface area contributed by atoms with Gasteiger partial charge >= 0.3 is 18.0 Å². The second-order valence-corrected chi connectivity index (χ2v) is 19.5. The number of methoxy groups -OCH3 is 1. The molecule has 4 rings (SSSR count). The van der Waals surface area contributed by atoms with Crippen LogP contribution in [0, 0.1) is 0 Å². The molecule has 0 aromatic heterocycles. The normalized spacial score (nSPS) is 12.7. The van der Waals surface area contributed by atoms with Gasteiger partial charge in [-0.3, -0.25) is 19.7 Å². The van der Waals surface area contributed by atoms with Crippen LogP contribution in [0.3, 0.4) is 0 Å². The van der Waals surface area contributed by atoms with E-state index in [-0.39, 0.29) is 12.2 Å². The molecule has 0 saturated heterocycles. The molecule has 0 aliphatic carbocycles. The van der Waals surface area contributed by atoms with Crippen molar-refractivity contribution in [2.75, 3.05) is 25.6 Å². The van der Waals surface area contributed by atoms with Crippen molar-refractivity contribution in [3.8, 4) is 11.1 Å². The fourth-order valence-electron chi connectivity index (χ4n) is 6.16. The average molecular weight is 782 g/mol. The van der Waals surface area contributed by atoms with Gasteiger partial charge < -0.3 is 29.3 Å². The summed E-state index contributed by atoms with van der Waals surface area (Å²) in [6.45, 7) is 12.1. The van der Waals surface area contributed by atoms with Crippen molar-refractivity contribution >= 4 is 54.2 Å². The SMILES string of the molecule is COC(=O)[C@H](CO[Si](c1ccccc1)(c1ccccc1)C(C)(C)C)NC(=O)[C@H](COC(C)=O)NC(=O)c1ccc(-c2ccc(NC(=O)OC(C)(C)C)cc2)cc1. The first-order valence-electron chi connectivity index (χ1n) is 18.2. The molecule has 0 fully saturated rings. The third-order valence-corrected chi connectivity index (χ3v) is 13.8. The summed E-state index contributed by atoms with van der Waals surface area (Å²) < 4.78 is 22.4. The van der Waals surface area contributed by atoms with Gasteiger partial charge in [-0.2, -0.15) is 0 Å². The Kier molecular flexibility index (Phi) is 14.3. The summed E-state index contributed by atoms with van der Waals surface area (Å²) in [5.74, 6) is -2.80. The predicted octanol–water partition coefficient (Wildman–Crippen LogP) is 5.60. The standard InChI is InChI=1S/C43H51N3O9Si/c1-29(47)53-27-36(45-38(48)32-21-19-30(20-22-32)31-23-25-33(26-24-31)44-41(51)55-42(2,3)4)39(49)46-37(40(50)52-8)28-54-56(43(5,6)7,34-15-11-9-12-16-34)35-17-13-10-14-18-35/h9-26,36-37H,27-28H2,1-8H3,(H,44,51)(H,45,48)(H,46,49)/t36-,37-/m0/s1. The second-order valence-electron chi connectivity index (χ2n) is 15.2. The molecule has 3 N–H and O–H groups in total. The first kappa shape index (κ1) is 42.9. The van der Waals surface area contributed by atoms with E-state index in [1.165, 1.54) is 14.0 Å². The van der Waals surface area contributed by atoms with Crippen LogP contribution in [-0.2, 0) is 33.0 Å². The molecule has 0 bridgehead atoms. The molecule has 56 heavy (non-hydrogen) atoms. The van der Waals surface area contributed by atoms with Crippen LogP contribution in [0.5, 0.6) is 0 Å². The number of ether oxygens (including phenoxy) is 3. The molecule has 4 aromatic carbocycles. The van der Waals surface area contributed by atoms with Crippen LogP contribution < -0.4 is 26.3 Å². The van der Waals surface area contributed by atoms with Crippen LogP contribution >= 0.6 is 0 Å². The van der Waals surface area contributed by atoms with E-state index >= 15 is 0 Å². The third-order valence-electron chi connectivity index (χ3n) is 8.77. The Morgan fingerprint density at radius 2 is 1.18 bits per heavy atom. The van der Waals surface area contributed by atoms with E-state index in [1.807, 2.05) is 72.8 Å². The first-order valence-corrected chi connectivity index (χ1v) is 20.1. The molecule has 0 heterocycles. The van der Waals surface area contributed by atoms with Crippen LogP contribution in [0.2, 0.25) is 5.04 Å². The molecule has 13 heteroatoms. The zero-order chi connectivity index (χ0) is 41.1. The largest absolute Gasteiger partial charge is 0.467 e. The van der Waals surface area contributed by atoms with Crippen LogP contribution in [0.25, 0.3) is 11.1 Å². The van der Waals surface area contributed by atoms with Gasteiger partial charge in [-0.05, 0) is 71.6 Å². The highest BCUT2D eigenvalue weighted by Crippen LogP contribution is 2.37. The number of carbonyl (C=O) groups is 5. The predicted molar refractivity (Wildman–Crippen MR) is 217 cm³/mol. The first-order chi connectivity index (χ1) is 26.4. The summed E-state index contributed by atoms with van der Waals surface area (Å²) in [5, 5.41) is 9.55.